The molecule has 0 radical (unpaired) electrons. The van der Waals surface area contributed by atoms with E-state index in [1.807, 2.05) is 13.0 Å². The van der Waals surface area contributed by atoms with Crippen molar-refractivity contribution in [3.05, 3.63) is 83.3 Å². The number of fused-ring (bicyclic) bond motifs is 1. The fraction of sp³-hybridized carbons (Fsp3) is 0.0800. The number of carboxylic acids is 1. The van der Waals surface area contributed by atoms with Crippen molar-refractivity contribution in [3.8, 4) is 11.5 Å². The van der Waals surface area contributed by atoms with E-state index in [1.54, 1.807) is 55.1 Å². The van der Waals surface area contributed by atoms with E-state index < -0.39 is 11.7 Å². The normalized spacial score (nSPS) is 13.1. The quantitative estimate of drug-likeness (QED) is 0.349. The Labute approximate surface area is 199 Å². The largest absolute Gasteiger partial charge is 0.504 e. The van der Waals surface area contributed by atoms with Gasteiger partial charge in [0.05, 0.1) is 0 Å². The summed E-state index contributed by atoms with van der Waals surface area (Å²) in [6.07, 6.45) is 8.02. The van der Waals surface area contributed by atoms with E-state index in [-0.39, 0.29) is 23.8 Å². The first-order valence-corrected chi connectivity index (χ1v) is 10.6. The number of benzene rings is 1. The Balaban J connectivity index is 1.40. The van der Waals surface area contributed by atoms with Crippen molar-refractivity contribution >= 4 is 41.2 Å². The highest BCUT2D eigenvalue weighted by Gasteiger charge is 2.26. The van der Waals surface area contributed by atoms with Gasteiger partial charge in [-0.05, 0) is 55.0 Å². The number of aromatic nitrogens is 3. The highest BCUT2D eigenvalue weighted by atomic mass is 16.5. The number of furan rings is 1. The van der Waals surface area contributed by atoms with Crippen LogP contribution in [0.2, 0.25) is 0 Å². The smallest absolute Gasteiger partial charge is 0.345 e. The number of aromatic carboxylic acids is 1. The number of aryl methyl sites for hydroxylation is 1. The first-order valence-electron chi connectivity index (χ1n) is 10.6. The Morgan fingerprint density at radius 3 is 2.71 bits per heavy atom. The molecule has 174 valence electrons. The summed E-state index contributed by atoms with van der Waals surface area (Å²) in [6, 6.07) is 10.6. The van der Waals surface area contributed by atoms with Gasteiger partial charge in [-0.15, -0.1) is 0 Å². The van der Waals surface area contributed by atoms with Gasteiger partial charge in [-0.3, -0.25) is 0 Å². The lowest BCUT2D eigenvalue weighted by Gasteiger charge is -2.11. The van der Waals surface area contributed by atoms with Crippen LogP contribution in [-0.4, -0.2) is 37.3 Å². The van der Waals surface area contributed by atoms with E-state index >= 15 is 0 Å². The van der Waals surface area contributed by atoms with Crippen molar-refractivity contribution in [2.45, 2.75) is 13.5 Å². The van der Waals surface area contributed by atoms with Crippen LogP contribution < -0.4 is 10.1 Å². The number of hydrogen-bond acceptors (Lipinski definition) is 9. The molecule has 0 unspecified atom stereocenters. The third-order valence-corrected chi connectivity index (χ3v) is 5.27. The van der Waals surface area contributed by atoms with Gasteiger partial charge in [0, 0.05) is 41.6 Å². The molecule has 1 aromatic carbocycles. The van der Waals surface area contributed by atoms with Gasteiger partial charge in [0.1, 0.15) is 12.4 Å². The SMILES string of the molecule is Cc1cc(OCc2ncccn2)ccc1Nc1oc(C=C2C=Nc3ncccc32)c(O)c1C(=O)O. The molecular formula is C25H19N5O5. The Morgan fingerprint density at radius 2 is 1.94 bits per heavy atom. The summed E-state index contributed by atoms with van der Waals surface area (Å²) < 4.78 is 11.5. The van der Waals surface area contributed by atoms with Crippen LogP contribution in [0.3, 0.4) is 0 Å². The van der Waals surface area contributed by atoms with E-state index in [2.05, 4.69) is 25.3 Å². The van der Waals surface area contributed by atoms with Crippen molar-refractivity contribution in [2.75, 3.05) is 5.32 Å². The van der Waals surface area contributed by atoms with Gasteiger partial charge in [0.15, 0.2) is 28.7 Å². The summed E-state index contributed by atoms with van der Waals surface area (Å²) in [6.45, 7) is 2.04. The van der Waals surface area contributed by atoms with E-state index in [0.717, 1.165) is 11.1 Å². The average Bonchev–Trinajstić information content (AvgIpc) is 3.40. The number of allylic oxidation sites excluding steroid dienone is 1. The van der Waals surface area contributed by atoms with Crippen LogP contribution in [0.4, 0.5) is 17.4 Å². The molecule has 4 heterocycles. The number of aliphatic imine (C=N–C) groups is 1. The second-order valence-corrected chi connectivity index (χ2v) is 7.61. The van der Waals surface area contributed by atoms with Gasteiger partial charge in [0.2, 0.25) is 5.88 Å². The van der Waals surface area contributed by atoms with Gasteiger partial charge < -0.3 is 24.7 Å². The molecule has 0 saturated carbocycles. The maximum Gasteiger partial charge on any atom is 0.345 e. The summed E-state index contributed by atoms with van der Waals surface area (Å²) >= 11 is 0. The van der Waals surface area contributed by atoms with Crippen molar-refractivity contribution < 1.29 is 24.2 Å². The third-order valence-electron chi connectivity index (χ3n) is 5.27. The van der Waals surface area contributed by atoms with Crippen LogP contribution in [0.5, 0.6) is 11.5 Å². The molecule has 0 bridgehead atoms. The average molecular weight is 469 g/mol. The van der Waals surface area contributed by atoms with E-state index in [4.69, 9.17) is 9.15 Å². The third kappa shape index (κ3) is 4.44. The summed E-state index contributed by atoms with van der Waals surface area (Å²) in [5, 5.41) is 23.3. The first-order chi connectivity index (χ1) is 17.0. The van der Waals surface area contributed by atoms with Crippen LogP contribution in [0, 0.1) is 6.92 Å². The molecule has 10 heteroatoms. The topological polar surface area (TPSA) is 143 Å². The minimum absolute atomic E-state index is 0.0106. The van der Waals surface area contributed by atoms with Crippen LogP contribution in [-0.2, 0) is 6.61 Å². The second-order valence-electron chi connectivity index (χ2n) is 7.61. The molecule has 0 saturated heterocycles. The number of carboxylic acid groups (broad SMARTS) is 1. The zero-order valence-corrected chi connectivity index (χ0v) is 18.5. The molecule has 3 N–H and O–H groups in total. The monoisotopic (exact) mass is 469 g/mol. The number of pyridine rings is 1. The lowest BCUT2D eigenvalue weighted by Crippen LogP contribution is -2.02. The molecule has 0 amide bonds. The number of hydrogen-bond donors (Lipinski definition) is 3. The fourth-order valence-electron chi connectivity index (χ4n) is 3.55. The van der Waals surface area contributed by atoms with E-state index in [0.29, 0.717) is 28.7 Å². The predicted octanol–water partition coefficient (Wildman–Crippen LogP) is 4.76. The number of anilines is 2. The van der Waals surface area contributed by atoms with E-state index in [9.17, 15) is 15.0 Å². The lowest BCUT2D eigenvalue weighted by atomic mass is 10.1. The van der Waals surface area contributed by atoms with Crippen LogP contribution in [0.15, 0.2) is 64.4 Å². The molecule has 0 aliphatic carbocycles. The van der Waals surface area contributed by atoms with Gasteiger partial charge in [-0.1, -0.05) is 0 Å². The van der Waals surface area contributed by atoms with Gasteiger partial charge in [0.25, 0.3) is 0 Å². The zero-order valence-electron chi connectivity index (χ0n) is 18.5. The molecule has 0 atom stereocenters. The van der Waals surface area contributed by atoms with Crippen LogP contribution >= 0.6 is 0 Å². The first kappa shape index (κ1) is 21.8. The van der Waals surface area contributed by atoms with Crippen molar-refractivity contribution in [1.29, 1.82) is 0 Å². The number of rotatable bonds is 7. The molecule has 0 spiro atoms. The number of ether oxygens (including phenoxy) is 1. The molecular weight excluding hydrogens is 450 g/mol. The molecule has 5 rings (SSSR count). The highest BCUT2D eigenvalue weighted by Crippen LogP contribution is 2.39. The molecule has 1 aliphatic heterocycles. The van der Waals surface area contributed by atoms with Crippen molar-refractivity contribution in [3.63, 3.8) is 0 Å². The number of aromatic hydroxyl groups is 1. The Hall–Kier alpha value is -4.99. The Morgan fingerprint density at radius 1 is 1.14 bits per heavy atom. The minimum atomic E-state index is -1.33. The van der Waals surface area contributed by atoms with Gasteiger partial charge in [-0.2, -0.15) is 0 Å². The van der Waals surface area contributed by atoms with Gasteiger partial charge >= 0.3 is 5.97 Å². The van der Waals surface area contributed by atoms with Crippen LogP contribution in [0.1, 0.15) is 33.1 Å². The summed E-state index contributed by atoms with van der Waals surface area (Å²) in [5.41, 5.74) is 2.37. The molecule has 1 aliphatic rings. The fourth-order valence-corrected chi connectivity index (χ4v) is 3.55. The minimum Gasteiger partial charge on any atom is -0.504 e. The molecule has 4 aromatic rings. The maximum absolute atomic E-state index is 11.9. The van der Waals surface area contributed by atoms with Crippen LogP contribution in [0.25, 0.3) is 11.6 Å². The van der Waals surface area contributed by atoms with Crippen molar-refractivity contribution in [2.24, 2.45) is 4.99 Å². The van der Waals surface area contributed by atoms with E-state index in [1.165, 1.54) is 6.08 Å². The molecule has 3 aromatic heterocycles. The lowest BCUT2D eigenvalue weighted by molar-refractivity contribution is 0.0695. The number of nitrogens with zero attached hydrogens (tertiary/aromatic N) is 4. The molecule has 10 nitrogen and oxygen atoms in total. The molecule has 35 heavy (non-hydrogen) atoms. The molecule has 0 fully saturated rings. The summed E-state index contributed by atoms with van der Waals surface area (Å²) in [5.74, 6) is -0.240. The number of carbonyl (C=O) groups is 1. The highest BCUT2D eigenvalue weighted by molar-refractivity contribution is 6.21. The number of nitrogens with one attached hydrogen (secondary N) is 1. The van der Waals surface area contributed by atoms with Gasteiger partial charge in [-0.25, -0.2) is 24.7 Å². The Bertz CT molecular complexity index is 1480. The maximum atomic E-state index is 11.9. The Kier molecular flexibility index (Phi) is 5.68. The predicted molar refractivity (Wildman–Crippen MR) is 128 cm³/mol. The summed E-state index contributed by atoms with van der Waals surface area (Å²) in [4.78, 5) is 28.5. The zero-order chi connectivity index (χ0) is 24.4. The summed E-state index contributed by atoms with van der Waals surface area (Å²) in [7, 11) is 0. The standard InChI is InChI=1S/C25H19N5O5/c1-14-10-16(34-13-20-26-8-3-9-27-20)5-6-18(14)30-24-21(25(32)33)22(31)19(35-24)11-15-12-29-23-17(15)4-2-7-28-23/h2-12,30-31H,13H2,1H3,(H,32,33). The second kappa shape index (κ2) is 9.10. The van der Waals surface area contributed by atoms with Crippen molar-refractivity contribution in [1.82, 2.24) is 15.0 Å².